The second kappa shape index (κ2) is 47.0. The van der Waals surface area contributed by atoms with Gasteiger partial charge in [0.2, 0.25) is 5.75 Å². The van der Waals surface area contributed by atoms with Crippen LogP contribution in [-0.4, -0.2) is 49.4 Å². The second-order valence-electron chi connectivity index (χ2n) is 22.4. The van der Waals surface area contributed by atoms with E-state index in [0.717, 1.165) is 55.2 Å². The smallest absolute Gasteiger partial charge is 0.343 e. The van der Waals surface area contributed by atoms with Crippen molar-refractivity contribution in [1.82, 2.24) is 0 Å². The van der Waals surface area contributed by atoms with Crippen LogP contribution in [0.5, 0.6) is 28.7 Å². The minimum absolute atomic E-state index is 0. The molecule has 0 bridgehead atoms. The van der Waals surface area contributed by atoms with Gasteiger partial charge in [0.1, 0.15) is 17.6 Å². The van der Waals surface area contributed by atoms with Crippen molar-refractivity contribution in [2.45, 2.75) is 267 Å². The number of carbonyl (C=O) groups is 3. The minimum Gasteiger partial charge on any atom is -0.490 e. The fraction of sp³-hybridized carbons (Fsp3) is 0.630. The number of unbranched alkanes of at least 4 members (excludes halogenated alkanes) is 27. The van der Waals surface area contributed by atoms with Gasteiger partial charge in [-0.1, -0.05) is 259 Å². The van der Waals surface area contributed by atoms with Crippen LogP contribution in [0.15, 0.2) is 84.9 Å². The van der Waals surface area contributed by atoms with Crippen LogP contribution in [0.1, 0.15) is 294 Å². The summed E-state index contributed by atoms with van der Waals surface area (Å²) in [6.45, 7) is 12.1. The van der Waals surface area contributed by atoms with Gasteiger partial charge in [0, 0.05) is 6.61 Å². The highest BCUT2D eigenvalue weighted by Crippen LogP contribution is 2.40. The Balaban J connectivity index is 0.0000118. The van der Waals surface area contributed by atoms with E-state index in [1.165, 1.54) is 154 Å². The molecule has 2 unspecified atom stereocenters. The number of esters is 3. The molecule has 1 N–H and O–H groups in total. The average molecular weight is 1150 g/mol. The first-order valence-electron chi connectivity index (χ1n) is 32.3. The van der Waals surface area contributed by atoms with Crippen molar-refractivity contribution < 1.29 is 47.9 Å². The first kappa shape index (κ1) is 73.8. The van der Waals surface area contributed by atoms with Gasteiger partial charge in [-0.2, -0.15) is 0 Å². The van der Waals surface area contributed by atoms with Crippen molar-refractivity contribution in [2.24, 2.45) is 5.92 Å². The highest BCUT2D eigenvalue weighted by atomic mass is 16.6. The van der Waals surface area contributed by atoms with E-state index in [4.69, 9.17) is 28.4 Å². The Morgan fingerprint density at radius 3 is 1.13 bits per heavy atom. The lowest BCUT2D eigenvalue weighted by molar-refractivity contribution is -0.154. The van der Waals surface area contributed by atoms with Crippen molar-refractivity contribution >= 4 is 17.9 Å². The molecule has 4 aromatic rings. The van der Waals surface area contributed by atoms with E-state index in [9.17, 15) is 19.5 Å². The number of aliphatic hydroxyl groups is 1. The van der Waals surface area contributed by atoms with Gasteiger partial charge >= 0.3 is 17.9 Å². The molecule has 0 radical (unpaired) electrons. The lowest BCUT2D eigenvalue weighted by Crippen LogP contribution is -2.18. The molecule has 0 fully saturated rings. The summed E-state index contributed by atoms with van der Waals surface area (Å²) in [5.74, 6) is 0.852. The SMILES string of the molecule is C.C.CCCCCCCCCCCCOc1cc(C(=O)Oc2ccc(-c3ccc(OC(=O)c4ccc(C(CCCO)OC(=O)C(C)CC)cc4)cc3)cc2)cc(OCCCCCCCCCCCC)c1OCCCCCCCCCCCC. The Bertz CT molecular complexity index is 2210. The van der Waals surface area contributed by atoms with Crippen LogP contribution >= 0.6 is 0 Å². The molecule has 0 aromatic heterocycles. The average Bonchev–Trinajstić information content (AvgIpc) is 3.66. The quantitative estimate of drug-likeness (QED) is 0.0259. The molecule has 10 heteroatoms. The Morgan fingerprint density at radius 2 is 0.771 bits per heavy atom. The van der Waals surface area contributed by atoms with Gasteiger partial charge in [0.15, 0.2) is 11.5 Å². The standard InChI is InChI=1S/C71H106O10.2CH4/c1-6-10-13-16-19-22-25-28-31-34-52-76-66-55-62(56-67(77-53-35-32-29-26-23-20-17-14-11-7-2)68(66)78-54-36-33-30-27-24-21-18-15-12-8-3)71(75)80-64-49-45-59(46-50-64)58-43-47-63(48-44-58)79-70(74)61-41-39-60(40-42-61)65(38-37-51-72)81-69(73)57(5)9-4;;/h39-50,55-57,65,72H,6-38,51-54H2,1-5H3;2*1H4. The van der Waals surface area contributed by atoms with Crippen LogP contribution in [-0.2, 0) is 9.53 Å². The van der Waals surface area contributed by atoms with Crippen molar-refractivity contribution in [3.63, 3.8) is 0 Å². The zero-order chi connectivity index (χ0) is 58.0. The summed E-state index contributed by atoms with van der Waals surface area (Å²) < 4.78 is 37.2. The van der Waals surface area contributed by atoms with Crippen molar-refractivity contribution in [3.05, 3.63) is 102 Å². The van der Waals surface area contributed by atoms with Crippen LogP contribution < -0.4 is 23.7 Å². The molecular weight excluding hydrogens is 1040 g/mol. The largest absolute Gasteiger partial charge is 0.490 e. The summed E-state index contributed by atoms with van der Waals surface area (Å²) >= 11 is 0. The third kappa shape index (κ3) is 30.9. The Labute approximate surface area is 504 Å². The van der Waals surface area contributed by atoms with Crippen LogP contribution in [0.25, 0.3) is 11.1 Å². The molecule has 0 amide bonds. The van der Waals surface area contributed by atoms with E-state index in [1.807, 2.05) is 38.1 Å². The van der Waals surface area contributed by atoms with Crippen LogP contribution in [0, 0.1) is 5.92 Å². The first-order valence-corrected chi connectivity index (χ1v) is 32.3. The van der Waals surface area contributed by atoms with Gasteiger partial charge in [-0.3, -0.25) is 4.79 Å². The fourth-order valence-corrected chi connectivity index (χ4v) is 9.95. The molecule has 0 saturated carbocycles. The van der Waals surface area contributed by atoms with Crippen LogP contribution in [0.2, 0.25) is 0 Å². The Hall–Kier alpha value is -5.35. The molecule has 2 atom stereocenters. The molecule has 4 aromatic carbocycles. The monoisotopic (exact) mass is 1150 g/mol. The lowest BCUT2D eigenvalue weighted by atomic mass is 10.0. The van der Waals surface area contributed by atoms with E-state index >= 15 is 0 Å². The van der Waals surface area contributed by atoms with Gasteiger partial charge in [-0.05, 0) is 104 Å². The Kier molecular flexibility index (Phi) is 41.7. The van der Waals surface area contributed by atoms with Gasteiger partial charge in [0.05, 0.1) is 36.9 Å². The number of hydrogen-bond acceptors (Lipinski definition) is 10. The number of aliphatic hydroxyl groups excluding tert-OH is 1. The van der Waals surface area contributed by atoms with E-state index < -0.39 is 18.0 Å². The van der Waals surface area contributed by atoms with Gasteiger partial charge in [-0.25, -0.2) is 9.59 Å². The molecule has 83 heavy (non-hydrogen) atoms. The topological polar surface area (TPSA) is 127 Å². The molecule has 10 nitrogen and oxygen atoms in total. The number of hydrogen-bond donors (Lipinski definition) is 1. The molecule has 466 valence electrons. The summed E-state index contributed by atoms with van der Waals surface area (Å²) in [4.78, 5) is 39.9. The molecule has 0 spiro atoms. The fourth-order valence-electron chi connectivity index (χ4n) is 9.95. The van der Waals surface area contributed by atoms with Crippen LogP contribution in [0.3, 0.4) is 0 Å². The summed E-state index contributed by atoms with van der Waals surface area (Å²) in [6, 6.07) is 24.9. The maximum absolute atomic E-state index is 14.1. The van der Waals surface area contributed by atoms with Crippen molar-refractivity contribution in [3.8, 4) is 39.9 Å². The third-order valence-corrected chi connectivity index (χ3v) is 15.4. The summed E-state index contributed by atoms with van der Waals surface area (Å²) in [6.07, 6.45) is 38.2. The zero-order valence-electron chi connectivity index (χ0n) is 51.0. The predicted octanol–water partition coefficient (Wildman–Crippen LogP) is 21.4. The molecule has 0 aliphatic rings. The molecular formula is C73H114O10. The first-order chi connectivity index (χ1) is 39.7. The second-order valence-corrected chi connectivity index (χ2v) is 22.4. The molecule has 0 aliphatic heterocycles. The minimum atomic E-state index is -0.520. The number of ether oxygens (including phenoxy) is 6. The number of benzene rings is 4. The third-order valence-electron chi connectivity index (χ3n) is 15.4. The van der Waals surface area contributed by atoms with Gasteiger partial charge < -0.3 is 33.5 Å². The number of carbonyl (C=O) groups excluding carboxylic acids is 3. The van der Waals surface area contributed by atoms with E-state index in [2.05, 4.69) is 20.8 Å². The van der Waals surface area contributed by atoms with E-state index in [-0.39, 0.29) is 33.3 Å². The normalized spacial score (nSPS) is 11.7. The summed E-state index contributed by atoms with van der Waals surface area (Å²) in [5, 5.41) is 9.43. The van der Waals surface area contributed by atoms with Crippen molar-refractivity contribution in [1.29, 1.82) is 0 Å². The highest BCUT2D eigenvalue weighted by Gasteiger charge is 2.23. The molecule has 0 saturated heterocycles. The lowest BCUT2D eigenvalue weighted by Gasteiger charge is -2.20. The molecule has 0 heterocycles. The highest BCUT2D eigenvalue weighted by molar-refractivity contribution is 5.93. The van der Waals surface area contributed by atoms with Crippen LogP contribution in [0.4, 0.5) is 0 Å². The number of rotatable bonds is 48. The maximum Gasteiger partial charge on any atom is 0.343 e. The van der Waals surface area contributed by atoms with Gasteiger partial charge in [-0.15, -0.1) is 0 Å². The van der Waals surface area contributed by atoms with Gasteiger partial charge in [0.25, 0.3) is 0 Å². The molecule has 0 aliphatic carbocycles. The van der Waals surface area contributed by atoms with E-state index in [0.29, 0.717) is 79.0 Å². The Morgan fingerprint density at radius 1 is 0.422 bits per heavy atom. The predicted molar refractivity (Wildman–Crippen MR) is 345 cm³/mol. The zero-order valence-corrected chi connectivity index (χ0v) is 51.0. The van der Waals surface area contributed by atoms with Crippen molar-refractivity contribution in [2.75, 3.05) is 26.4 Å². The van der Waals surface area contributed by atoms with E-state index in [1.54, 1.807) is 60.7 Å². The summed E-state index contributed by atoms with van der Waals surface area (Å²) in [5.41, 5.74) is 3.22. The summed E-state index contributed by atoms with van der Waals surface area (Å²) in [7, 11) is 0. The molecule has 4 rings (SSSR count). The maximum atomic E-state index is 14.1.